The zero-order valence-corrected chi connectivity index (χ0v) is 14.4. The van der Waals surface area contributed by atoms with Gasteiger partial charge in [-0.15, -0.1) is 0 Å². The van der Waals surface area contributed by atoms with Gasteiger partial charge in [-0.1, -0.05) is 25.0 Å². The molecule has 0 saturated heterocycles. The monoisotopic (exact) mass is 405 g/mol. The van der Waals surface area contributed by atoms with Gasteiger partial charge in [0, 0.05) is 5.92 Å². The van der Waals surface area contributed by atoms with Crippen molar-refractivity contribution in [1.29, 1.82) is 0 Å². The van der Waals surface area contributed by atoms with E-state index in [4.69, 9.17) is 13.5 Å². The fraction of sp³-hybridized carbons (Fsp3) is 0.625. The third-order valence-electron chi connectivity index (χ3n) is 4.10. The van der Waals surface area contributed by atoms with Crippen LogP contribution in [0.15, 0.2) is 24.3 Å². The smallest absolute Gasteiger partial charge is 0.119 e. The molecule has 0 spiro atoms. The summed E-state index contributed by atoms with van der Waals surface area (Å²) >= 11 is 1.92. The second-order valence-electron chi connectivity index (χ2n) is 5.65. The predicted molar refractivity (Wildman–Crippen MR) is 91.4 cm³/mol. The van der Waals surface area contributed by atoms with Crippen LogP contribution in [0, 0.1) is 5.92 Å². The average Bonchev–Trinajstić information content (AvgIpc) is 2.52. The molecule has 3 atom stereocenters. The first-order valence-electron chi connectivity index (χ1n) is 7.63. The Labute approximate surface area is 140 Å². The molecule has 1 aliphatic carbocycles. The van der Waals surface area contributed by atoms with Crippen LogP contribution in [0.5, 0.6) is 5.75 Å². The molecule has 21 heavy (non-hydrogen) atoms. The van der Waals surface area contributed by atoms with E-state index in [9.17, 15) is 5.11 Å². The lowest BCUT2D eigenvalue weighted by molar-refractivity contribution is 0.0422. The van der Waals surface area contributed by atoms with Crippen LogP contribution in [0.3, 0.4) is 0 Å². The van der Waals surface area contributed by atoms with E-state index in [1.54, 1.807) is 0 Å². The van der Waals surface area contributed by atoms with Crippen molar-refractivity contribution < 1.29 is 12.9 Å². The zero-order valence-electron chi connectivity index (χ0n) is 12.2. The minimum absolute atomic E-state index is 0.000536. The highest BCUT2D eigenvalue weighted by Gasteiger charge is 2.23. The summed E-state index contributed by atoms with van der Waals surface area (Å²) in [6, 6.07) is 7.96. The van der Waals surface area contributed by atoms with Crippen molar-refractivity contribution in [3.05, 3.63) is 29.8 Å². The Balaban J connectivity index is 1.94. The molecule has 1 fully saturated rings. The van der Waals surface area contributed by atoms with Crippen molar-refractivity contribution in [2.24, 2.45) is 11.7 Å². The fourth-order valence-corrected chi connectivity index (χ4v) is 3.35. The Morgan fingerprint density at radius 3 is 2.86 bits per heavy atom. The van der Waals surface area contributed by atoms with Crippen molar-refractivity contribution in [2.45, 2.75) is 44.3 Å². The first kappa shape index (κ1) is 17.0. The molecule has 0 amide bonds. The molecule has 1 saturated carbocycles. The number of ether oxygens (including phenoxy) is 1. The van der Waals surface area contributed by atoms with Crippen LogP contribution in [0.2, 0.25) is 0 Å². The van der Waals surface area contributed by atoms with E-state index in [0.29, 0.717) is 13.2 Å². The third-order valence-corrected chi connectivity index (χ3v) is 4.71. The summed E-state index contributed by atoms with van der Waals surface area (Å²) in [6.07, 6.45) is 4.83. The molecule has 2 rings (SSSR count). The van der Waals surface area contributed by atoms with E-state index in [1.807, 2.05) is 47.3 Å². The number of benzene rings is 1. The second kappa shape index (κ2) is 8.92. The van der Waals surface area contributed by atoms with Gasteiger partial charge >= 0.3 is 0 Å². The van der Waals surface area contributed by atoms with E-state index in [-0.39, 0.29) is 18.1 Å². The molecule has 5 heteroatoms. The molecule has 3 N–H and O–H groups in total. The summed E-state index contributed by atoms with van der Waals surface area (Å²) in [5, 5.41) is 9.98. The predicted octanol–water partition coefficient (Wildman–Crippen LogP) is 3.37. The van der Waals surface area contributed by atoms with Gasteiger partial charge < -0.3 is 18.6 Å². The van der Waals surface area contributed by atoms with Crippen molar-refractivity contribution in [1.82, 2.24) is 0 Å². The summed E-state index contributed by atoms with van der Waals surface area (Å²) < 4.78 is 11.3. The van der Waals surface area contributed by atoms with Crippen molar-refractivity contribution in [3.63, 3.8) is 0 Å². The molecule has 0 radical (unpaired) electrons. The van der Waals surface area contributed by atoms with E-state index in [0.717, 1.165) is 37.0 Å². The highest BCUT2D eigenvalue weighted by atomic mass is 127. The van der Waals surface area contributed by atoms with E-state index >= 15 is 0 Å². The van der Waals surface area contributed by atoms with Crippen LogP contribution >= 0.6 is 23.0 Å². The number of nitrogens with two attached hydrogens (primary N) is 1. The van der Waals surface area contributed by atoms with Gasteiger partial charge in [0.05, 0.1) is 18.8 Å². The van der Waals surface area contributed by atoms with Crippen molar-refractivity contribution >= 4 is 23.0 Å². The van der Waals surface area contributed by atoms with Gasteiger partial charge in [-0.2, -0.15) is 0 Å². The Kier molecular flexibility index (Phi) is 7.22. The Bertz CT molecular complexity index is 430. The maximum atomic E-state index is 9.98. The third kappa shape index (κ3) is 5.09. The maximum Gasteiger partial charge on any atom is 0.119 e. The minimum Gasteiger partial charge on any atom is -0.493 e. The molecule has 0 aliphatic heterocycles. The first-order chi connectivity index (χ1) is 10.2. The number of hydrogen-bond donors (Lipinski definition) is 2. The number of halogens is 1. The van der Waals surface area contributed by atoms with Crippen LogP contribution in [0.25, 0.3) is 0 Å². The number of aliphatic hydroxyl groups excluding tert-OH is 1. The quantitative estimate of drug-likeness (QED) is 0.683. The van der Waals surface area contributed by atoms with Crippen LogP contribution in [-0.2, 0) is 3.07 Å². The molecular formula is C16H24INO3. The summed E-state index contributed by atoms with van der Waals surface area (Å²) in [7, 11) is 0. The van der Waals surface area contributed by atoms with Crippen molar-refractivity contribution in [2.75, 3.05) is 13.2 Å². The lowest BCUT2D eigenvalue weighted by Gasteiger charge is -2.27. The van der Waals surface area contributed by atoms with Crippen molar-refractivity contribution in [3.8, 4) is 5.75 Å². The number of rotatable bonds is 7. The molecule has 4 nitrogen and oxygen atoms in total. The molecule has 1 aliphatic rings. The summed E-state index contributed by atoms with van der Waals surface area (Å²) in [6.45, 7) is 1.17. The topological polar surface area (TPSA) is 64.7 Å². The molecule has 0 bridgehead atoms. The fourth-order valence-electron chi connectivity index (χ4n) is 2.80. The minimum atomic E-state index is -0.218. The lowest BCUT2D eigenvalue weighted by Crippen LogP contribution is -2.29. The van der Waals surface area contributed by atoms with Gasteiger partial charge in [0.1, 0.15) is 28.8 Å². The molecule has 0 unspecified atom stereocenters. The highest BCUT2D eigenvalue weighted by molar-refractivity contribution is 14.1. The summed E-state index contributed by atoms with van der Waals surface area (Å²) in [5.74, 6) is 1.09. The Hall–Kier alpha value is -0.370. The molecule has 1 aromatic carbocycles. The largest absolute Gasteiger partial charge is 0.493 e. The standard InChI is InChI=1S/C16H24INO3/c17-21-16(8-9-18)12-5-3-6-14(10-12)20-11-13-4-1-2-7-15(13)19/h3,5-6,10,13,15-16,19H,1-2,4,7-9,11,18H2/t13-,15+,16+/m0/s1. The Morgan fingerprint density at radius 1 is 1.33 bits per heavy atom. The maximum absolute atomic E-state index is 9.98. The summed E-state index contributed by atoms with van der Waals surface area (Å²) in [5.41, 5.74) is 6.69. The van der Waals surface area contributed by atoms with Crippen LogP contribution in [0.4, 0.5) is 0 Å². The van der Waals surface area contributed by atoms with Gasteiger partial charge in [-0.25, -0.2) is 0 Å². The molecule has 0 aromatic heterocycles. The van der Waals surface area contributed by atoms with Gasteiger partial charge in [0.25, 0.3) is 0 Å². The van der Waals surface area contributed by atoms with Crippen LogP contribution < -0.4 is 10.5 Å². The van der Waals surface area contributed by atoms with E-state index in [2.05, 4.69) is 0 Å². The number of hydrogen-bond acceptors (Lipinski definition) is 4. The summed E-state index contributed by atoms with van der Waals surface area (Å²) in [4.78, 5) is 0. The lowest BCUT2D eigenvalue weighted by atomic mass is 9.87. The van der Waals surface area contributed by atoms with Gasteiger partial charge in [-0.3, -0.25) is 0 Å². The molecule has 1 aromatic rings. The highest BCUT2D eigenvalue weighted by Crippen LogP contribution is 2.28. The number of aliphatic hydroxyl groups is 1. The second-order valence-corrected chi connectivity index (χ2v) is 6.16. The Morgan fingerprint density at radius 2 is 2.14 bits per heavy atom. The normalized spacial score (nSPS) is 23.8. The van der Waals surface area contributed by atoms with Gasteiger partial charge in [-0.05, 0) is 43.5 Å². The van der Waals surface area contributed by atoms with E-state index in [1.165, 1.54) is 6.42 Å². The molecular weight excluding hydrogens is 381 g/mol. The zero-order chi connectivity index (χ0) is 15.1. The van der Waals surface area contributed by atoms with Gasteiger partial charge in [0.15, 0.2) is 0 Å². The SMILES string of the molecule is NCC[C@@H](OI)c1cccc(OC[C@@H]2CCCC[C@H]2O)c1. The first-order valence-corrected chi connectivity index (χ1v) is 8.51. The molecule has 0 heterocycles. The van der Waals surface area contributed by atoms with E-state index < -0.39 is 0 Å². The van der Waals surface area contributed by atoms with Crippen LogP contribution in [0.1, 0.15) is 43.8 Å². The van der Waals surface area contributed by atoms with Gasteiger partial charge in [0.2, 0.25) is 0 Å². The molecule has 118 valence electrons. The average molecular weight is 405 g/mol. The van der Waals surface area contributed by atoms with Crippen LogP contribution in [-0.4, -0.2) is 24.4 Å².